The molecule has 0 bridgehead atoms. The van der Waals surface area contributed by atoms with Gasteiger partial charge in [0.25, 0.3) is 0 Å². The molecule has 28 heavy (non-hydrogen) atoms. The topological polar surface area (TPSA) is 91.7 Å². The van der Waals surface area contributed by atoms with Crippen molar-refractivity contribution in [3.8, 4) is 0 Å². The number of rotatable bonds is 6. The van der Waals surface area contributed by atoms with E-state index in [4.69, 9.17) is 0 Å². The van der Waals surface area contributed by atoms with Gasteiger partial charge >= 0.3 is 0 Å². The molecule has 2 amide bonds. The van der Waals surface area contributed by atoms with Crippen LogP contribution in [0.2, 0.25) is 0 Å². The van der Waals surface area contributed by atoms with Crippen LogP contribution < -0.4 is 5.32 Å². The van der Waals surface area contributed by atoms with Crippen LogP contribution >= 0.6 is 11.8 Å². The number of nitrogens with one attached hydrogen (secondary N) is 1. The summed E-state index contributed by atoms with van der Waals surface area (Å²) in [6.07, 6.45) is 1.66. The first-order valence-corrected chi connectivity index (χ1v) is 9.74. The van der Waals surface area contributed by atoms with Crippen molar-refractivity contribution in [2.45, 2.75) is 25.5 Å². The first-order chi connectivity index (χ1) is 13.5. The maximum atomic E-state index is 12.6. The first kappa shape index (κ1) is 19.8. The Morgan fingerprint density at radius 1 is 1.25 bits per heavy atom. The largest absolute Gasteiger partial charge is 0.326 e. The molecule has 1 atom stereocenters. The fraction of sp³-hybridized carbons (Fsp3) is 0.250. The van der Waals surface area contributed by atoms with E-state index in [2.05, 4.69) is 15.3 Å². The third kappa shape index (κ3) is 4.64. The Kier molecular flexibility index (Phi) is 6.20. The second kappa shape index (κ2) is 8.79. The van der Waals surface area contributed by atoms with E-state index in [9.17, 15) is 14.4 Å². The molecule has 0 radical (unpaired) electrons. The number of ketones is 1. The summed E-state index contributed by atoms with van der Waals surface area (Å²) in [4.78, 5) is 46.7. The Balaban J connectivity index is 1.69. The molecule has 1 fully saturated rings. The van der Waals surface area contributed by atoms with Crippen LogP contribution in [-0.4, -0.2) is 44.4 Å². The molecule has 2 aromatic rings. The number of carbonyl (C=O) groups is 3. The van der Waals surface area contributed by atoms with Crippen molar-refractivity contribution in [2.75, 3.05) is 11.9 Å². The van der Waals surface area contributed by atoms with E-state index < -0.39 is 5.25 Å². The fourth-order valence-corrected chi connectivity index (χ4v) is 3.94. The Morgan fingerprint density at radius 3 is 2.75 bits per heavy atom. The number of carbonyl (C=O) groups excluding carboxylic acids is 3. The van der Waals surface area contributed by atoms with Gasteiger partial charge in [-0.3, -0.25) is 19.3 Å². The van der Waals surface area contributed by atoms with Gasteiger partial charge < -0.3 is 5.32 Å². The summed E-state index contributed by atoms with van der Waals surface area (Å²) < 4.78 is 0. The van der Waals surface area contributed by atoms with Crippen molar-refractivity contribution in [3.05, 3.63) is 54.2 Å². The highest BCUT2D eigenvalue weighted by atomic mass is 32.2. The normalized spacial score (nSPS) is 17.8. The zero-order valence-corrected chi connectivity index (χ0v) is 16.4. The molecule has 0 saturated carbocycles. The SMILES string of the molecule is CCN1C(=O)[C@@H](CC(=O)Nc2cccc(C(C)=O)c2)SC1=Nc1ccccn1. The number of nitrogens with zero attached hydrogens (tertiary/aromatic N) is 3. The lowest BCUT2D eigenvalue weighted by atomic mass is 10.1. The molecule has 8 heteroatoms. The van der Waals surface area contributed by atoms with E-state index in [0.29, 0.717) is 28.8 Å². The molecule has 2 heterocycles. The highest BCUT2D eigenvalue weighted by molar-refractivity contribution is 8.15. The van der Waals surface area contributed by atoms with E-state index in [0.717, 1.165) is 0 Å². The van der Waals surface area contributed by atoms with Crippen LogP contribution in [0.3, 0.4) is 0 Å². The van der Waals surface area contributed by atoms with Gasteiger partial charge in [0, 0.05) is 30.4 Å². The number of Topliss-reactive ketones (excluding diaryl/α,β-unsaturated/α-hetero) is 1. The quantitative estimate of drug-likeness (QED) is 0.757. The van der Waals surface area contributed by atoms with Crippen molar-refractivity contribution in [3.63, 3.8) is 0 Å². The highest BCUT2D eigenvalue weighted by Gasteiger charge is 2.38. The van der Waals surface area contributed by atoms with Gasteiger partial charge in [-0.15, -0.1) is 0 Å². The number of aliphatic imine (C=N–C) groups is 1. The predicted octanol–water partition coefficient (Wildman–Crippen LogP) is 3.26. The van der Waals surface area contributed by atoms with Crippen molar-refractivity contribution in [1.29, 1.82) is 0 Å². The van der Waals surface area contributed by atoms with Gasteiger partial charge in [-0.1, -0.05) is 30.0 Å². The highest BCUT2D eigenvalue weighted by Crippen LogP contribution is 2.31. The zero-order valence-electron chi connectivity index (χ0n) is 15.6. The number of thioether (sulfide) groups is 1. The van der Waals surface area contributed by atoms with E-state index in [1.165, 1.54) is 18.7 Å². The number of amidine groups is 1. The lowest BCUT2D eigenvalue weighted by molar-refractivity contribution is -0.128. The lowest BCUT2D eigenvalue weighted by Gasteiger charge is -2.13. The minimum Gasteiger partial charge on any atom is -0.326 e. The van der Waals surface area contributed by atoms with Gasteiger partial charge in [0.2, 0.25) is 11.8 Å². The monoisotopic (exact) mass is 396 g/mol. The fourth-order valence-electron chi connectivity index (χ4n) is 2.73. The molecule has 1 aromatic carbocycles. The Hall–Kier alpha value is -3.00. The van der Waals surface area contributed by atoms with Crippen LogP contribution in [-0.2, 0) is 9.59 Å². The first-order valence-electron chi connectivity index (χ1n) is 8.86. The number of aromatic nitrogens is 1. The Morgan fingerprint density at radius 2 is 2.07 bits per heavy atom. The van der Waals surface area contributed by atoms with Gasteiger partial charge in [-0.05, 0) is 38.1 Å². The van der Waals surface area contributed by atoms with Crippen LogP contribution in [0.15, 0.2) is 53.7 Å². The summed E-state index contributed by atoms with van der Waals surface area (Å²) >= 11 is 1.26. The van der Waals surface area contributed by atoms with E-state index in [-0.39, 0.29) is 24.0 Å². The number of pyridine rings is 1. The Bertz CT molecular complexity index is 930. The van der Waals surface area contributed by atoms with Gasteiger partial charge in [0.05, 0.1) is 0 Å². The molecule has 0 spiro atoms. The lowest BCUT2D eigenvalue weighted by Crippen LogP contribution is -2.33. The molecular weight excluding hydrogens is 376 g/mol. The van der Waals surface area contributed by atoms with E-state index in [1.807, 2.05) is 13.0 Å². The van der Waals surface area contributed by atoms with E-state index >= 15 is 0 Å². The molecule has 1 saturated heterocycles. The summed E-state index contributed by atoms with van der Waals surface area (Å²) in [5, 5.41) is 2.76. The third-order valence-electron chi connectivity index (χ3n) is 4.12. The van der Waals surface area contributed by atoms with Crippen molar-refractivity contribution in [1.82, 2.24) is 9.88 Å². The molecule has 1 N–H and O–H groups in total. The predicted molar refractivity (Wildman–Crippen MR) is 110 cm³/mol. The minimum atomic E-state index is -0.543. The second-order valence-corrected chi connectivity index (χ2v) is 7.33. The summed E-state index contributed by atoms with van der Waals surface area (Å²) in [5.74, 6) is 0.00509. The van der Waals surface area contributed by atoms with Crippen LogP contribution in [0.1, 0.15) is 30.6 Å². The number of hydrogen-bond donors (Lipinski definition) is 1. The van der Waals surface area contributed by atoms with Crippen LogP contribution in [0.4, 0.5) is 11.5 Å². The molecule has 3 rings (SSSR count). The Labute approximate surface area is 167 Å². The standard InChI is InChI=1S/C20H20N4O3S/c1-3-24-19(27)16(28-20(24)23-17-9-4-5-10-21-17)12-18(26)22-15-8-6-7-14(11-15)13(2)25/h4-11,16H,3,12H2,1-2H3,(H,22,26)/t16-/m1/s1. The van der Waals surface area contributed by atoms with Crippen molar-refractivity contribution < 1.29 is 14.4 Å². The minimum absolute atomic E-state index is 0.0194. The number of hydrogen-bond acceptors (Lipinski definition) is 6. The molecule has 1 aromatic heterocycles. The maximum Gasteiger partial charge on any atom is 0.242 e. The summed E-state index contributed by atoms with van der Waals surface area (Å²) in [6, 6.07) is 12.1. The molecule has 7 nitrogen and oxygen atoms in total. The molecule has 0 unspecified atom stereocenters. The zero-order chi connectivity index (χ0) is 20.1. The van der Waals surface area contributed by atoms with Crippen LogP contribution in [0, 0.1) is 0 Å². The van der Waals surface area contributed by atoms with Gasteiger partial charge in [0.15, 0.2) is 16.8 Å². The average Bonchev–Trinajstić information content (AvgIpc) is 2.96. The van der Waals surface area contributed by atoms with Gasteiger partial charge in [0.1, 0.15) is 5.25 Å². The van der Waals surface area contributed by atoms with Crippen LogP contribution in [0.25, 0.3) is 0 Å². The maximum absolute atomic E-state index is 12.6. The van der Waals surface area contributed by atoms with Gasteiger partial charge in [-0.2, -0.15) is 0 Å². The molecule has 0 aliphatic carbocycles. The number of amides is 2. The average molecular weight is 396 g/mol. The van der Waals surface area contributed by atoms with Crippen LogP contribution in [0.5, 0.6) is 0 Å². The van der Waals surface area contributed by atoms with Crippen molar-refractivity contribution in [2.24, 2.45) is 4.99 Å². The van der Waals surface area contributed by atoms with Crippen molar-refractivity contribution >= 4 is 46.0 Å². The third-order valence-corrected chi connectivity index (χ3v) is 5.29. The van der Waals surface area contributed by atoms with Gasteiger partial charge in [-0.25, -0.2) is 9.98 Å². The number of benzene rings is 1. The summed E-state index contributed by atoms with van der Waals surface area (Å²) in [7, 11) is 0. The molecule has 1 aliphatic rings. The number of anilines is 1. The summed E-state index contributed by atoms with van der Waals surface area (Å²) in [5.41, 5.74) is 1.05. The van der Waals surface area contributed by atoms with E-state index in [1.54, 1.807) is 47.5 Å². The molecule has 144 valence electrons. The molecular formula is C20H20N4O3S. The smallest absolute Gasteiger partial charge is 0.242 e. The second-order valence-electron chi connectivity index (χ2n) is 6.16. The molecule has 1 aliphatic heterocycles. The summed E-state index contributed by atoms with van der Waals surface area (Å²) in [6.45, 7) is 3.80.